The maximum absolute atomic E-state index is 12.2. The zero-order valence-electron chi connectivity index (χ0n) is 26.8. The van der Waals surface area contributed by atoms with Gasteiger partial charge in [0.1, 0.15) is 11.9 Å². The van der Waals surface area contributed by atoms with Gasteiger partial charge in [0, 0.05) is 24.8 Å². The van der Waals surface area contributed by atoms with Crippen molar-refractivity contribution >= 4 is 11.8 Å². The summed E-state index contributed by atoms with van der Waals surface area (Å²) >= 11 is 0. The molecular formula is C35H62O7. The maximum atomic E-state index is 12.2. The molecule has 42 heavy (non-hydrogen) atoms. The number of carbonyl (C=O) groups is 2. The van der Waals surface area contributed by atoms with Gasteiger partial charge < -0.3 is 24.8 Å². The molecule has 7 heteroatoms. The van der Waals surface area contributed by atoms with Crippen LogP contribution in [0.15, 0.2) is 11.6 Å². The van der Waals surface area contributed by atoms with Crippen LogP contribution in [0.25, 0.3) is 0 Å². The lowest BCUT2D eigenvalue weighted by molar-refractivity contribution is -0.139. The van der Waals surface area contributed by atoms with Crippen LogP contribution in [-0.4, -0.2) is 63.7 Å². The van der Waals surface area contributed by atoms with E-state index in [1.165, 1.54) is 57.8 Å². The molecule has 1 saturated heterocycles. The Morgan fingerprint density at radius 3 is 1.79 bits per heavy atom. The second kappa shape index (κ2) is 22.3. The fourth-order valence-corrected chi connectivity index (χ4v) is 6.28. The Labute approximate surface area is 255 Å². The standard InChI is InChI=1S/C35H62O7/c1-3-4-5-6-7-8-9-10-11-15-21-31(38)33-23-24-34(42-33)32(39)22-17-16-19-29(36)18-13-12-14-20-30(37)26-28-25-27(2)41-35(28)40/h25,27,30-34,37-39H,3-24,26H2,1-2H3. The van der Waals surface area contributed by atoms with Crippen molar-refractivity contribution in [2.24, 2.45) is 0 Å². The van der Waals surface area contributed by atoms with Gasteiger partial charge in [0.15, 0.2) is 0 Å². The van der Waals surface area contributed by atoms with Crippen LogP contribution >= 0.6 is 0 Å². The summed E-state index contributed by atoms with van der Waals surface area (Å²) in [5.41, 5.74) is 0.562. The number of Topliss-reactive ketones (excluding diaryl/α,β-unsaturated/α-hetero) is 1. The third kappa shape index (κ3) is 16.0. The first-order chi connectivity index (χ1) is 20.3. The second-order valence-electron chi connectivity index (χ2n) is 12.9. The van der Waals surface area contributed by atoms with Crippen molar-refractivity contribution in [3.8, 4) is 0 Å². The van der Waals surface area contributed by atoms with Crippen molar-refractivity contribution < 1.29 is 34.4 Å². The van der Waals surface area contributed by atoms with Crippen LogP contribution in [0.1, 0.15) is 162 Å². The van der Waals surface area contributed by atoms with Crippen molar-refractivity contribution in [1.82, 2.24) is 0 Å². The molecule has 0 aliphatic carbocycles. The predicted molar refractivity (Wildman–Crippen MR) is 167 cm³/mol. The quantitative estimate of drug-likeness (QED) is 0.0713. The van der Waals surface area contributed by atoms with E-state index in [0.29, 0.717) is 37.7 Å². The predicted octanol–water partition coefficient (Wildman–Crippen LogP) is 7.27. The minimum atomic E-state index is -0.553. The molecule has 2 aliphatic rings. The van der Waals surface area contributed by atoms with E-state index in [1.54, 1.807) is 6.08 Å². The Balaban J connectivity index is 1.41. The van der Waals surface area contributed by atoms with Crippen molar-refractivity contribution in [1.29, 1.82) is 0 Å². The molecule has 0 aromatic carbocycles. The minimum Gasteiger partial charge on any atom is -0.455 e. The van der Waals surface area contributed by atoms with Crippen LogP contribution in [0.3, 0.4) is 0 Å². The van der Waals surface area contributed by atoms with Crippen molar-refractivity contribution in [2.75, 3.05) is 0 Å². The lowest BCUT2D eigenvalue weighted by Gasteiger charge is -2.22. The number of aliphatic hydroxyl groups is 3. The molecule has 6 unspecified atom stereocenters. The number of carbonyl (C=O) groups excluding carboxylic acids is 2. The monoisotopic (exact) mass is 594 g/mol. The number of ketones is 1. The SMILES string of the molecule is CCCCCCCCCCCCC(O)C1CCC(C(O)CCCCC(=O)CCCCCC(O)CC2=CC(C)OC2=O)O1. The third-order valence-electron chi connectivity index (χ3n) is 8.94. The highest BCUT2D eigenvalue weighted by Crippen LogP contribution is 2.28. The van der Waals surface area contributed by atoms with E-state index >= 15 is 0 Å². The van der Waals surface area contributed by atoms with Crippen molar-refractivity contribution in [3.63, 3.8) is 0 Å². The van der Waals surface area contributed by atoms with Gasteiger partial charge in [-0.25, -0.2) is 4.79 Å². The Kier molecular flexibility index (Phi) is 19.6. The number of esters is 1. The number of unbranched alkanes of at least 4 members (excludes halogenated alkanes) is 12. The summed E-state index contributed by atoms with van der Waals surface area (Å²) in [6.45, 7) is 4.06. The van der Waals surface area contributed by atoms with E-state index in [-0.39, 0.29) is 30.1 Å². The van der Waals surface area contributed by atoms with Gasteiger partial charge in [-0.2, -0.15) is 0 Å². The first kappa shape index (κ1) is 36.9. The third-order valence-corrected chi connectivity index (χ3v) is 8.94. The van der Waals surface area contributed by atoms with Crippen LogP contribution in [-0.2, 0) is 19.1 Å². The highest BCUT2D eigenvalue weighted by atomic mass is 16.5. The summed E-state index contributed by atoms with van der Waals surface area (Å²) in [6.07, 6.45) is 21.6. The van der Waals surface area contributed by atoms with E-state index in [4.69, 9.17) is 9.47 Å². The molecule has 2 aliphatic heterocycles. The van der Waals surface area contributed by atoms with Crippen molar-refractivity contribution in [2.45, 2.75) is 198 Å². The second-order valence-corrected chi connectivity index (χ2v) is 12.9. The van der Waals surface area contributed by atoms with Gasteiger partial charge in [0.2, 0.25) is 0 Å². The molecule has 6 atom stereocenters. The van der Waals surface area contributed by atoms with Crippen LogP contribution in [0.2, 0.25) is 0 Å². The highest BCUT2D eigenvalue weighted by molar-refractivity contribution is 5.90. The van der Waals surface area contributed by atoms with Gasteiger partial charge in [-0.1, -0.05) is 90.4 Å². The molecule has 7 nitrogen and oxygen atoms in total. The minimum absolute atomic E-state index is 0.161. The van der Waals surface area contributed by atoms with Crippen LogP contribution in [0, 0.1) is 0 Å². The van der Waals surface area contributed by atoms with E-state index in [9.17, 15) is 24.9 Å². The molecule has 0 aromatic heterocycles. The molecule has 0 radical (unpaired) electrons. The van der Waals surface area contributed by atoms with Crippen LogP contribution in [0.4, 0.5) is 0 Å². The lowest BCUT2D eigenvalue weighted by Crippen LogP contribution is -2.31. The number of aliphatic hydroxyl groups excluding tert-OH is 3. The molecule has 0 amide bonds. The topological polar surface area (TPSA) is 113 Å². The average Bonchev–Trinajstić information content (AvgIpc) is 3.58. The molecule has 0 aromatic rings. The van der Waals surface area contributed by atoms with E-state index in [1.807, 2.05) is 6.92 Å². The van der Waals surface area contributed by atoms with Gasteiger partial charge >= 0.3 is 5.97 Å². The first-order valence-electron chi connectivity index (χ1n) is 17.4. The van der Waals surface area contributed by atoms with E-state index < -0.39 is 18.3 Å². The molecule has 2 heterocycles. The molecule has 0 spiro atoms. The smallest absolute Gasteiger partial charge is 0.334 e. The maximum Gasteiger partial charge on any atom is 0.334 e. The summed E-state index contributed by atoms with van der Waals surface area (Å²) < 4.78 is 11.1. The summed E-state index contributed by atoms with van der Waals surface area (Å²) in [4.78, 5) is 23.9. The first-order valence-corrected chi connectivity index (χ1v) is 17.4. The summed E-state index contributed by atoms with van der Waals surface area (Å²) in [6, 6.07) is 0. The summed E-state index contributed by atoms with van der Waals surface area (Å²) in [5, 5.41) is 31.3. The molecule has 1 fully saturated rings. The Morgan fingerprint density at radius 1 is 0.762 bits per heavy atom. The van der Waals surface area contributed by atoms with Gasteiger partial charge in [-0.3, -0.25) is 4.79 Å². The van der Waals surface area contributed by atoms with E-state index in [2.05, 4.69) is 6.92 Å². The number of ether oxygens (including phenoxy) is 2. The molecule has 0 saturated carbocycles. The Bertz CT molecular complexity index is 766. The largest absolute Gasteiger partial charge is 0.455 e. The molecule has 244 valence electrons. The fraction of sp³-hybridized carbons (Fsp3) is 0.886. The fourth-order valence-electron chi connectivity index (χ4n) is 6.28. The number of rotatable bonds is 26. The molecule has 2 rings (SSSR count). The van der Waals surface area contributed by atoms with Gasteiger partial charge in [0.25, 0.3) is 0 Å². The van der Waals surface area contributed by atoms with Crippen LogP contribution in [0.5, 0.6) is 0 Å². The highest BCUT2D eigenvalue weighted by Gasteiger charge is 2.34. The number of cyclic esters (lactones) is 1. The lowest BCUT2D eigenvalue weighted by atomic mass is 9.99. The van der Waals surface area contributed by atoms with Gasteiger partial charge in [0.05, 0.1) is 30.5 Å². The van der Waals surface area contributed by atoms with Crippen molar-refractivity contribution in [3.05, 3.63) is 11.6 Å². The zero-order valence-corrected chi connectivity index (χ0v) is 26.8. The van der Waals surface area contributed by atoms with E-state index in [0.717, 1.165) is 57.8 Å². The zero-order chi connectivity index (χ0) is 30.6. The molecule has 3 N–H and O–H groups in total. The number of hydrogen-bond acceptors (Lipinski definition) is 7. The molecule has 0 bridgehead atoms. The van der Waals surface area contributed by atoms with Gasteiger partial charge in [-0.15, -0.1) is 0 Å². The van der Waals surface area contributed by atoms with Crippen LogP contribution < -0.4 is 0 Å². The normalized spacial score (nSPS) is 22.6. The summed E-state index contributed by atoms with van der Waals surface area (Å²) in [5.74, 6) is -0.0709. The summed E-state index contributed by atoms with van der Waals surface area (Å²) in [7, 11) is 0. The Morgan fingerprint density at radius 2 is 1.24 bits per heavy atom. The van der Waals surface area contributed by atoms with Gasteiger partial charge in [-0.05, 0) is 57.9 Å². The molecular weight excluding hydrogens is 532 g/mol. The average molecular weight is 595 g/mol. The Hall–Kier alpha value is -1.28. The number of hydrogen-bond donors (Lipinski definition) is 3.